The van der Waals surface area contributed by atoms with Crippen molar-refractivity contribution in [2.24, 2.45) is 4.99 Å². The number of rotatable bonds is 5. The lowest BCUT2D eigenvalue weighted by molar-refractivity contribution is -0.139. The van der Waals surface area contributed by atoms with Gasteiger partial charge < -0.3 is 14.8 Å². The van der Waals surface area contributed by atoms with Gasteiger partial charge in [-0.05, 0) is 19.4 Å². The second-order valence-corrected chi connectivity index (χ2v) is 5.96. The molecule has 7 heteroatoms. The highest BCUT2D eigenvalue weighted by molar-refractivity contribution is 8.14. The smallest absolute Gasteiger partial charge is 0.338 e. The third-order valence-corrected chi connectivity index (χ3v) is 4.24. The van der Waals surface area contributed by atoms with Crippen LogP contribution in [0.15, 0.2) is 46.6 Å². The van der Waals surface area contributed by atoms with Crippen LogP contribution in [0.4, 0.5) is 0 Å². The first-order chi connectivity index (χ1) is 11.6. The highest BCUT2D eigenvalue weighted by Gasteiger charge is 2.30. The van der Waals surface area contributed by atoms with Crippen LogP contribution in [0.25, 0.3) is 0 Å². The second-order valence-electron chi connectivity index (χ2n) is 5.00. The Balaban J connectivity index is 2.31. The molecule has 0 fully saturated rings. The lowest BCUT2D eigenvalue weighted by Gasteiger charge is -2.25. The molecule has 128 valence electrons. The Morgan fingerprint density at radius 3 is 2.62 bits per heavy atom. The van der Waals surface area contributed by atoms with Crippen LogP contribution >= 0.6 is 11.8 Å². The summed E-state index contributed by atoms with van der Waals surface area (Å²) in [6.45, 7) is 3.86. The molecule has 0 radical (unpaired) electrons. The van der Waals surface area contributed by atoms with Crippen LogP contribution in [0.3, 0.4) is 0 Å². The van der Waals surface area contributed by atoms with Gasteiger partial charge >= 0.3 is 11.9 Å². The maximum absolute atomic E-state index is 12.3. The molecule has 0 saturated heterocycles. The SMILES string of the molecule is CCOC(=O)C1=C(C)NC(SCC(=O)OC)=N[C@H]1c1ccccc1. The molecule has 0 bridgehead atoms. The fourth-order valence-corrected chi connectivity index (χ4v) is 3.03. The summed E-state index contributed by atoms with van der Waals surface area (Å²) in [5, 5.41) is 3.64. The van der Waals surface area contributed by atoms with Crippen LogP contribution in [0.1, 0.15) is 25.5 Å². The van der Waals surface area contributed by atoms with E-state index < -0.39 is 12.0 Å². The first kappa shape index (κ1) is 18.1. The Bertz CT molecular complexity index is 670. The number of benzene rings is 1. The summed E-state index contributed by atoms with van der Waals surface area (Å²) < 4.78 is 9.81. The third kappa shape index (κ3) is 4.38. The van der Waals surface area contributed by atoms with Gasteiger partial charge in [-0.3, -0.25) is 4.79 Å². The van der Waals surface area contributed by atoms with Gasteiger partial charge in [0.1, 0.15) is 6.04 Å². The van der Waals surface area contributed by atoms with Gasteiger partial charge in [0.25, 0.3) is 0 Å². The third-order valence-electron chi connectivity index (χ3n) is 3.38. The number of methoxy groups -OCH3 is 1. The van der Waals surface area contributed by atoms with Gasteiger partial charge in [0.15, 0.2) is 5.17 Å². The van der Waals surface area contributed by atoms with E-state index >= 15 is 0 Å². The molecule has 1 aromatic rings. The predicted molar refractivity (Wildman–Crippen MR) is 93.6 cm³/mol. The van der Waals surface area contributed by atoms with Gasteiger partial charge in [0, 0.05) is 5.70 Å². The number of aliphatic imine (C=N–C) groups is 1. The van der Waals surface area contributed by atoms with E-state index in [-0.39, 0.29) is 11.7 Å². The van der Waals surface area contributed by atoms with Crippen molar-refractivity contribution in [1.29, 1.82) is 0 Å². The van der Waals surface area contributed by atoms with Gasteiger partial charge in [-0.15, -0.1) is 0 Å². The molecule has 1 heterocycles. The zero-order valence-electron chi connectivity index (χ0n) is 13.9. The van der Waals surface area contributed by atoms with Crippen LogP contribution < -0.4 is 5.32 Å². The number of nitrogens with one attached hydrogen (secondary N) is 1. The van der Waals surface area contributed by atoms with Crippen molar-refractivity contribution in [3.63, 3.8) is 0 Å². The molecule has 2 rings (SSSR count). The number of thioether (sulfide) groups is 1. The maximum atomic E-state index is 12.3. The average Bonchev–Trinajstić information content (AvgIpc) is 2.60. The molecular formula is C17H20N2O4S. The van der Waals surface area contributed by atoms with E-state index in [1.165, 1.54) is 18.9 Å². The number of hydrogen-bond donors (Lipinski definition) is 1. The molecule has 6 nitrogen and oxygen atoms in total. The summed E-state index contributed by atoms with van der Waals surface area (Å²) in [6, 6.07) is 9.05. The Hall–Kier alpha value is -2.28. The van der Waals surface area contributed by atoms with Gasteiger partial charge in [-0.25, -0.2) is 9.79 Å². The first-order valence-electron chi connectivity index (χ1n) is 7.54. The summed E-state index contributed by atoms with van der Waals surface area (Å²) in [5.74, 6) is -0.581. The highest BCUT2D eigenvalue weighted by Crippen LogP contribution is 2.32. The van der Waals surface area contributed by atoms with E-state index in [9.17, 15) is 9.59 Å². The normalized spacial score (nSPS) is 17.0. The molecule has 0 aliphatic carbocycles. The molecule has 0 amide bonds. The summed E-state index contributed by atoms with van der Waals surface area (Å²) in [4.78, 5) is 28.3. The van der Waals surface area contributed by atoms with Crippen molar-refractivity contribution >= 4 is 28.9 Å². The minimum absolute atomic E-state index is 0.145. The van der Waals surface area contributed by atoms with Crippen LogP contribution in [0, 0.1) is 0 Å². The lowest BCUT2D eigenvalue weighted by atomic mass is 9.97. The van der Waals surface area contributed by atoms with Crippen molar-refractivity contribution in [1.82, 2.24) is 5.32 Å². The molecule has 0 spiro atoms. The molecule has 24 heavy (non-hydrogen) atoms. The number of carbonyl (C=O) groups excluding carboxylic acids is 2. The highest BCUT2D eigenvalue weighted by atomic mass is 32.2. The van der Waals surface area contributed by atoms with Crippen molar-refractivity contribution < 1.29 is 19.1 Å². The van der Waals surface area contributed by atoms with Crippen LogP contribution in [0.5, 0.6) is 0 Å². The minimum atomic E-state index is -0.466. The Morgan fingerprint density at radius 2 is 2.00 bits per heavy atom. The standard InChI is InChI=1S/C17H20N2O4S/c1-4-23-16(21)14-11(2)18-17(24-10-13(20)22-3)19-15(14)12-8-6-5-7-9-12/h5-9,15H,4,10H2,1-3H3,(H,18,19)/t15-/m0/s1. The zero-order valence-corrected chi connectivity index (χ0v) is 14.7. The maximum Gasteiger partial charge on any atom is 0.338 e. The van der Waals surface area contributed by atoms with E-state index in [1.54, 1.807) is 13.8 Å². The average molecular weight is 348 g/mol. The number of esters is 2. The molecule has 1 aromatic carbocycles. The Morgan fingerprint density at radius 1 is 1.29 bits per heavy atom. The van der Waals surface area contributed by atoms with E-state index in [1.807, 2.05) is 30.3 Å². The molecule has 1 aliphatic rings. The monoisotopic (exact) mass is 348 g/mol. The van der Waals surface area contributed by atoms with Gasteiger partial charge in [-0.2, -0.15) is 0 Å². The van der Waals surface area contributed by atoms with E-state index in [2.05, 4.69) is 15.0 Å². The van der Waals surface area contributed by atoms with Gasteiger partial charge in [0.05, 0.1) is 25.0 Å². The fourth-order valence-electron chi connectivity index (χ4n) is 2.26. The number of carbonyl (C=O) groups is 2. The second kappa shape index (κ2) is 8.54. The largest absolute Gasteiger partial charge is 0.468 e. The summed E-state index contributed by atoms with van der Waals surface area (Å²) in [5.41, 5.74) is 2.03. The Labute approximate surface area is 145 Å². The van der Waals surface area contributed by atoms with Crippen LogP contribution in [-0.2, 0) is 19.1 Å². The molecule has 0 aromatic heterocycles. The first-order valence-corrected chi connectivity index (χ1v) is 8.52. The fraction of sp³-hybridized carbons (Fsp3) is 0.353. The molecule has 0 unspecified atom stereocenters. The molecule has 1 atom stereocenters. The molecular weight excluding hydrogens is 328 g/mol. The van der Waals surface area contributed by atoms with E-state index in [0.717, 1.165) is 5.56 Å². The summed E-state index contributed by atoms with van der Waals surface area (Å²) in [6.07, 6.45) is 0. The summed E-state index contributed by atoms with van der Waals surface area (Å²) >= 11 is 1.24. The number of amidine groups is 1. The van der Waals surface area contributed by atoms with Crippen molar-refractivity contribution in [3.8, 4) is 0 Å². The topological polar surface area (TPSA) is 77.0 Å². The predicted octanol–water partition coefficient (Wildman–Crippen LogP) is 2.43. The van der Waals surface area contributed by atoms with Gasteiger partial charge in [0.2, 0.25) is 0 Å². The number of hydrogen-bond acceptors (Lipinski definition) is 7. The molecule has 0 saturated carbocycles. The zero-order chi connectivity index (χ0) is 17.5. The van der Waals surface area contributed by atoms with Crippen LogP contribution in [-0.4, -0.2) is 36.6 Å². The molecule has 1 aliphatic heterocycles. The van der Waals surface area contributed by atoms with E-state index in [4.69, 9.17) is 4.74 Å². The number of ether oxygens (including phenoxy) is 2. The minimum Gasteiger partial charge on any atom is -0.468 e. The van der Waals surface area contributed by atoms with E-state index in [0.29, 0.717) is 23.0 Å². The summed E-state index contributed by atoms with van der Waals surface area (Å²) in [7, 11) is 1.34. The Kier molecular flexibility index (Phi) is 6.43. The quantitative estimate of drug-likeness (QED) is 0.824. The van der Waals surface area contributed by atoms with Gasteiger partial charge in [-0.1, -0.05) is 42.1 Å². The number of allylic oxidation sites excluding steroid dienone is 1. The lowest BCUT2D eigenvalue weighted by Crippen LogP contribution is -2.31. The van der Waals surface area contributed by atoms with Crippen LogP contribution in [0.2, 0.25) is 0 Å². The number of nitrogens with zero attached hydrogens (tertiary/aromatic N) is 1. The van der Waals surface area contributed by atoms with Crippen molar-refractivity contribution in [2.45, 2.75) is 19.9 Å². The van der Waals surface area contributed by atoms with Crippen molar-refractivity contribution in [3.05, 3.63) is 47.2 Å². The molecule has 1 N–H and O–H groups in total. The van der Waals surface area contributed by atoms with Crippen molar-refractivity contribution in [2.75, 3.05) is 19.5 Å².